The second-order valence-corrected chi connectivity index (χ2v) is 8.45. The average molecular weight is 425 g/mol. The summed E-state index contributed by atoms with van der Waals surface area (Å²) in [5.74, 6) is 0.621. The van der Waals surface area contributed by atoms with Gasteiger partial charge in [-0.2, -0.15) is 0 Å². The van der Waals surface area contributed by atoms with E-state index < -0.39 is 10.0 Å². The molecule has 0 saturated heterocycles. The smallest absolute Gasteiger partial charge is 0.229 e. The Labute approximate surface area is 176 Å². The minimum Gasteiger partial charge on any atom is -0.484 e. The third-order valence-corrected chi connectivity index (χ3v) is 5.15. The van der Waals surface area contributed by atoms with Crippen LogP contribution in [-0.4, -0.2) is 44.7 Å². The fraction of sp³-hybridized carbons (Fsp3) is 0.182. The lowest BCUT2D eigenvalue weighted by molar-refractivity contribution is 0.395. The van der Waals surface area contributed by atoms with Gasteiger partial charge in [-0.25, -0.2) is 13.4 Å². The molecule has 2 aromatic heterocycles. The first-order valence-corrected chi connectivity index (χ1v) is 11.1. The molecule has 0 atom stereocenters. The molecule has 2 heterocycles. The normalized spacial score (nSPS) is 12.8. The Morgan fingerprint density at radius 1 is 1.30 bits per heavy atom. The highest BCUT2D eigenvalue weighted by Gasteiger charge is 2.13. The summed E-state index contributed by atoms with van der Waals surface area (Å²) in [6.07, 6.45) is 9.03. The Balaban J connectivity index is 2.00. The summed E-state index contributed by atoms with van der Waals surface area (Å²) >= 11 is 0. The summed E-state index contributed by atoms with van der Waals surface area (Å²) in [5.41, 5.74) is 5.13. The lowest BCUT2D eigenvalue weighted by Gasteiger charge is -2.09. The van der Waals surface area contributed by atoms with Gasteiger partial charge >= 0.3 is 0 Å². The molecule has 0 radical (unpaired) electrons. The number of rotatable bonds is 7. The van der Waals surface area contributed by atoms with Crippen LogP contribution < -0.4 is 4.72 Å². The van der Waals surface area contributed by atoms with Crippen molar-refractivity contribution in [3.8, 4) is 11.1 Å². The van der Waals surface area contributed by atoms with Gasteiger partial charge in [-0.1, -0.05) is 30.9 Å². The zero-order valence-corrected chi connectivity index (χ0v) is 18.0. The number of H-pyrrole nitrogens is 1. The first kappa shape index (κ1) is 21.3. The van der Waals surface area contributed by atoms with Crippen molar-refractivity contribution in [1.82, 2.24) is 9.97 Å². The number of hydrogen-bond acceptors (Lipinski definition) is 5. The van der Waals surface area contributed by atoms with Crippen LogP contribution in [0.5, 0.6) is 0 Å². The standard InChI is InChI=1S/C22H24N4O3S/c1-5-6-16(12-21(23-2)29-3)20-14-25-22-19(20)11-17(13-24-22)15-7-9-18(10-8-15)26-30(4,27)28/h5-11,13-14,26H,1,12H2,2-4H3,(H,24,25)/b16-6+,23-21?. The van der Waals surface area contributed by atoms with E-state index in [9.17, 15) is 8.42 Å². The zero-order chi connectivity index (χ0) is 21.7. The second-order valence-electron chi connectivity index (χ2n) is 6.70. The van der Waals surface area contributed by atoms with Crippen LogP contribution in [0.1, 0.15) is 12.0 Å². The number of aromatic nitrogens is 2. The number of allylic oxidation sites excluding steroid dienone is 2. The quantitative estimate of drug-likeness (QED) is 0.337. The van der Waals surface area contributed by atoms with Crippen LogP contribution in [0.3, 0.4) is 0 Å². The molecule has 0 spiro atoms. The van der Waals surface area contributed by atoms with E-state index in [1.807, 2.05) is 24.4 Å². The lowest BCUT2D eigenvalue weighted by Crippen LogP contribution is -2.09. The Hall–Kier alpha value is -3.39. The van der Waals surface area contributed by atoms with E-state index in [-0.39, 0.29) is 0 Å². The van der Waals surface area contributed by atoms with E-state index in [2.05, 4.69) is 32.3 Å². The van der Waals surface area contributed by atoms with Gasteiger partial charge in [0, 0.05) is 48.1 Å². The van der Waals surface area contributed by atoms with Crippen LogP contribution in [0.25, 0.3) is 27.7 Å². The SMILES string of the molecule is C=C/C=C(\CC(=NC)OC)c1c[nH]c2ncc(-c3ccc(NS(C)(=O)=O)cc3)cc12. The molecule has 156 valence electrons. The number of nitrogens with one attached hydrogen (secondary N) is 2. The van der Waals surface area contributed by atoms with Crippen molar-refractivity contribution in [2.75, 3.05) is 25.1 Å². The van der Waals surface area contributed by atoms with Gasteiger partial charge in [0.05, 0.1) is 13.4 Å². The number of pyridine rings is 1. The Kier molecular flexibility index (Phi) is 6.37. The van der Waals surface area contributed by atoms with Crippen LogP contribution in [0.2, 0.25) is 0 Å². The Bertz CT molecular complexity index is 1220. The molecular formula is C22H24N4O3S. The molecule has 7 nitrogen and oxygen atoms in total. The van der Waals surface area contributed by atoms with Gasteiger partial charge in [-0.05, 0) is 29.3 Å². The average Bonchev–Trinajstić information content (AvgIpc) is 3.13. The third-order valence-electron chi connectivity index (χ3n) is 4.54. The molecule has 0 aliphatic heterocycles. The first-order chi connectivity index (χ1) is 14.3. The molecule has 0 fully saturated rings. The maximum atomic E-state index is 11.4. The molecule has 30 heavy (non-hydrogen) atoms. The van der Waals surface area contributed by atoms with Crippen LogP contribution in [-0.2, 0) is 14.8 Å². The summed E-state index contributed by atoms with van der Waals surface area (Å²) in [4.78, 5) is 11.9. The highest BCUT2D eigenvalue weighted by Crippen LogP contribution is 2.31. The lowest BCUT2D eigenvalue weighted by atomic mass is 10.00. The van der Waals surface area contributed by atoms with E-state index in [4.69, 9.17) is 4.74 Å². The van der Waals surface area contributed by atoms with Crippen molar-refractivity contribution in [3.05, 3.63) is 67.0 Å². The summed E-state index contributed by atoms with van der Waals surface area (Å²) in [5, 5.41) is 0.963. The highest BCUT2D eigenvalue weighted by atomic mass is 32.2. The predicted molar refractivity (Wildman–Crippen MR) is 123 cm³/mol. The van der Waals surface area contributed by atoms with Crippen molar-refractivity contribution in [3.63, 3.8) is 0 Å². The van der Waals surface area contributed by atoms with Crippen LogP contribution in [0, 0.1) is 0 Å². The molecule has 1 aromatic carbocycles. The summed E-state index contributed by atoms with van der Waals surface area (Å²) in [6.45, 7) is 3.82. The van der Waals surface area contributed by atoms with Gasteiger partial charge < -0.3 is 9.72 Å². The van der Waals surface area contributed by atoms with Gasteiger partial charge in [0.25, 0.3) is 0 Å². The summed E-state index contributed by atoms with van der Waals surface area (Å²) in [6, 6.07) is 9.22. The molecule has 0 bridgehead atoms. The minimum absolute atomic E-state index is 0.514. The van der Waals surface area contributed by atoms with E-state index in [1.165, 1.54) is 0 Å². The van der Waals surface area contributed by atoms with E-state index in [1.54, 1.807) is 38.6 Å². The predicted octanol–water partition coefficient (Wildman–Crippen LogP) is 4.24. The molecule has 0 saturated carbocycles. The molecule has 0 aliphatic rings. The fourth-order valence-corrected chi connectivity index (χ4v) is 3.73. The molecule has 2 N–H and O–H groups in total. The fourth-order valence-electron chi connectivity index (χ4n) is 3.16. The minimum atomic E-state index is -3.31. The number of nitrogens with zero attached hydrogens (tertiary/aromatic N) is 2. The zero-order valence-electron chi connectivity index (χ0n) is 17.1. The number of anilines is 1. The maximum Gasteiger partial charge on any atom is 0.229 e. The van der Waals surface area contributed by atoms with Crippen molar-refractivity contribution in [1.29, 1.82) is 0 Å². The van der Waals surface area contributed by atoms with Gasteiger partial charge in [0.15, 0.2) is 5.90 Å². The number of hydrogen-bond donors (Lipinski definition) is 2. The Morgan fingerprint density at radius 2 is 2.03 bits per heavy atom. The van der Waals surface area contributed by atoms with Gasteiger partial charge in [-0.3, -0.25) is 9.71 Å². The van der Waals surface area contributed by atoms with Crippen molar-refractivity contribution in [2.45, 2.75) is 6.42 Å². The highest BCUT2D eigenvalue weighted by molar-refractivity contribution is 7.92. The molecule has 0 unspecified atom stereocenters. The van der Waals surface area contributed by atoms with Crippen molar-refractivity contribution < 1.29 is 13.2 Å². The number of ether oxygens (including phenoxy) is 1. The number of aromatic amines is 1. The third kappa shape index (κ3) is 4.96. The van der Waals surface area contributed by atoms with Crippen LogP contribution in [0.15, 0.2) is 66.4 Å². The largest absolute Gasteiger partial charge is 0.484 e. The molecule has 0 amide bonds. The molecular weight excluding hydrogens is 400 g/mol. The number of aliphatic imine (C=N–C) groups is 1. The van der Waals surface area contributed by atoms with Crippen molar-refractivity contribution in [2.24, 2.45) is 4.99 Å². The molecule has 0 aliphatic carbocycles. The van der Waals surface area contributed by atoms with Crippen molar-refractivity contribution >= 4 is 38.2 Å². The number of benzene rings is 1. The van der Waals surface area contributed by atoms with E-state index in [0.717, 1.165) is 39.6 Å². The molecule has 3 aromatic rings. The number of methoxy groups -OCH3 is 1. The van der Waals surface area contributed by atoms with Gasteiger partial charge in [0.1, 0.15) is 5.65 Å². The van der Waals surface area contributed by atoms with Crippen LogP contribution >= 0.6 is 0 Å². The Morgan fingerprint density at radius 3 is 2.63 bits per heavy atom. The monoisotopic (exact) mass is 424 g/mol. The molecule has 3 rings (SSSR count). The number of sulfonamides is 1. The molecule has 8 heteroatoms. The number of fused-ring (bicyclic) bond motifs is 1. The maximum absolute atomic E-state index is 11.4. The first-order valence-electron chi connectivity index (χ1n) is 9.21. The van der Waals surface area contributed by atoms with Gasteiger partial charge in [-0.15, -0.1) is 0 Å². The van der Waals surface area contributed by atoms with Gasteiger partial charge in [0.2, 0.25) is 10.0 Å². The van der Waals surface area contributed by atoms with Crippen LogP contribution in [0.4, 0.5) is 5.69 Å². The van der Waals surface area contributed by atoms with E-state index in [0.29, 0.717) is 18.0 Å². The van der Waals surface area contributed by atoms with E-state index >= 15 is 0 Å². The topological polar surface area (TPSA) is 96.4 Å². The summed E-state index contributed by atoms with van der Waals surface area (Å²) in [7, 11) is -0.0136. The summed E-state index contributed by atoms with van der Waals surface area (Å²) < 4.78 is 30.6. The second kappa shape index (κ2) is 8.96.